The lowest BCUT2D eigenvalue weighted by atomic mass is 10.1. The van der Waals surface area contributed by atoms with Gasteiger partial charge in [-0.1, -0.05) is 0 Å². The lowest BCUT2D eigenvalue weighted by Gasteiger charge is -2.06. The maximum Gasteiger partial charge on any atom is 0.193 e. The van der Waals surface area contributed by atoms with Crippen LogP contribution in [0.1, 0.15) is 16.6 Å². The van der Waals surface area contributed by atoms with Gasteiger partial charge in [-0.05, 0) is 22.0 Å². The third-order valence-corrected chi connectivity index (χ3v) is 5.12. The number of thiophene rings is 1. The smallest absolute Gasteiger partial charge is 0.193 e. The van der Waals surface area contributed by atoms with E-state index in [2.05, 4.69) is 32.4 Å². The van der Waals surface area contributed by atoms with Crippen LogP contribution in [0.3, 0.4) is 0 Å². The quantitative estimate of drug-likeness (QED) is 0.800. The molecule has 0 radical (unpaired) electrons. The summed E-state index contributed by atoms with van der Waals surface area (Å²) in [7, 11) is 0. The minimum absolute atomic E-state index is 0.0240. The van der Waals surface area contributed by atoms with E-state index >= 15 is 0 Å². The Morgan fingerprint density at radius 3 is 3.06 bits per heavy atom. The van der Waals surface area contributed by atoms with Crippen molar-refractivity contribution >= 4 is 43.6 Å². The highest BCUT2D eigenvalue weighted by Crippen LogP contribution is 2.26. The summed E-state index contributed by atoms with van der Waals surface area (Å²) in [6.45, 7) is 0. The molecule has 1 unspecified atom stereocenters. The molecule has 6 heteroatoms. The molecule has 0 spiro atoms. The minimum Gasteiger partial charge on any atom is -0.323 e. The highest BCUT2D eigenvalue weighted by molar-refractivity contribution is 9.10. The molecule has 0 aliphatic heterocycles. The molecule has 0 fully saturated rings. The van der Waals surface area contributed by atoms with Gasteiger partial charge in [0.15, 0.2) is 4.96 Å². The number of nitrogens with zero attached hydrogens (tertiary/aromatic N) is 2. The van der Waals surface area contributed by atoms with Crippen molar-refractivity contribution in [3.63, 3.8) is 0 Å². The number of thiazole rings is 1. The molecule has 3 nitrogen and oxygen atoms in total. The summed E-state index contributed by atoms with van der Waals surface area (Å²) >= 11 is 6.77. The van der Waals surface area contributed by atoms with Crippen LogP contribution in [-0.4, -0.2) is 9.38 Å². The number of aromatic nitrogens is 2. The van der Waals surface area contributed by atoms with Gasteiger partial charge < -0.3 is 5.73 Å². The van der Waals surface area contributed by atoms with Crippen LogP contribution in [0.4, 0.5) is 0 Å². The Bertz CT molecular complexity index is 611. The molecule has 0 aromatic carbocycles. The van der Waals surface area contributed by atoms with Gasteiger partial charge in [-0.2, -0.15) is 0 Å². The maximum atomic E-state index is 6.17. The summed E-state index contributed by atoms with van der Waals surface area (Å²) in [5.74, 6) is 0. The minimum atomic E-state index is 0.0240. The van der Waals surface area contributed by atoms with Crippen molar-refractivity contribution in [2.45, 2.75) is 12.5 Å². The van der Waals surface area contributed by atoms with Gasteiger partial charge >= 0.3 is 0 Å². The van der Waals surface area contributed by atoms with Gasteiger partial charge in [-0.25, -0.2) is 4.98 Å². The molecule has 0 saturated heterocycles. The molecular weight excluding hydrogens is 318 g/mol. The number of rotatable bonds is 3. The number of hydrogen-bond donors (Lipinski definition) is 1. The van der Waals surface area contributed by atoms with Crippen molar-refractivity contribution < 1.29 is 0 Å². The van der Waals surface area contributed by atoms with Gasteiger partial charge in [0.25, 0.3) is 0 Å². The van der Waals surface area contributed by atoms with Crippen molar-refractivity contribution in [2.75, 3.05) is 0 Å². The number of nitrogens with two attached hydrogens (primary N) is 1. The SMILES string of the molecule is NC(Cc1cn2ccsc2n1)c1cc(Br)cs1. The van der Waals surface area contributed by atoms with Gasteiger partial charge in [0.05, 0.1) is 5.69 Å². The highest BCUT2D eigenvalue weighted by atomic mass is 79.9. The van der Waals surface area contributed by atoms with E-state index in [0.717, 1.165) is 21.5 Å². The average molecular weight is 328 g/mol. The molecule has 3 heterocycles. The van der Waals surface area contributed by atoms with Gasteiger partial charge in [-0.15, -0.1) is 22.7 Å². The first kappa shape index (κ1) is 11.4. The van der Waals surface area contributed by atoms with Crippen molar-refractivity contribution in [2.24, 2.45) is 5.73 Å². The van der Waals surface area contributed by atoms with Gasteiger partial charge in [0, 0.05) is 45.0 Å². The monoisotopic (exact) mass is 327 g/mol. The van der Waals surface area contributed by atoms with Crippen molar-refractivity contribution in [1.82, 2.24) is 9.38 Å². The van der Waals surface area contributed by atoms with Crippen LogP contribution in [0.2, 0.25) is 0 Å². The van der Waals surface area contributed by atoms with Crippen LogP contribution >= 0.6 is 38.6 Å². The van der Waals surface area contributed by atoms with Crippen molar-refractivity contribution in [1.29, 1.82) is 0 Å². The Morgan fingerprint density at radius 2 is 2.35 bits per heavy atom. The third-order valence-electron chi connectivity index (χ3n) is 2.53. The summed E-state index contributed by atoms with van der Waals surface area (Å²) in [5, 5.41) is 4.09. The normalized spacial score (nSPS) is 13.3. The number of hydrogen-bond acceptors (Lipinski definition) is 4. The summed E-state index contributed by atoms with van der Waals surface area (Å²) in [4.78, 5) is 6.75. The van der Waals surface area contributed by atoms with Crippen LogP contribution in [0.5, 0.6) is 0 Å². The molecule has 0 amide bonds. The molecule has 3 aromatic heterocycles. The van der Waals surface area contributed by atoms with Crippen LogP contribution in [0, 0.1) is 0 Å². The second kappa shape index (κ2) is 4.53. The standard InChI is InChI=1S/C11H10BrN3S2/c12-7-3-10(17-6-7)9(13)4-8-5-15-1-2-16-11(15)14-8/h1-3,5-6,9H,4,13H2. The fourth-order valence-corrected chi connectivity index (χ4v) is 3.89. The molecule has 17 heavy (non-hydrogen) atoms. The molecule has 3 rings (SSSR count). The Labute approximate surface area is 115 Å². The van der Waals surface area contributed by atoms with Crippen LogP contribution in [0.25, 0.3) is 4.96 Å². The Morgan fingerprint density at radius 1 is 1.47 bits per heavy atom. The summed E-state index contributed by atoms with van der Waals surface area (Å²) in [6, 6.07) is 2.10. The van der Waals surface area contributed by atoms with Gasteiger partial charge in [-0.3, -0.25) is 4.40 Å². The van der Waals surface area contributed by atoms with E-state index in [1.807, 2.05) is 22.2 Å². The van der Waals surface area contributed by atoms with Crippen LogP contribution in [0.15, 0.2) is 33.7 Å². The zero-order valence-corrected chi connectivity index (χ0v) is 12.1. The third kappa shape index (κ3) is 2.30. The molecule has 2 N–H and O–H groups in total. The molecular formula is C11H10BrN3S2. The fourth-order valence-electron chi connectivity index (χ4n) is 1.72. The van der Waals surface area contributed by atoms with E-state index in [4.69, 9.17) is 5.73 Å². The van der Waals surface area contributed by atoms with Gasteiger partial charge in [0.1, 0.15) is 0 Å². The predicted octanol–water partition coefficient (Wildman–Crippen LogP) is 3.46. The van der Waals surface area contributed by atoms with E-state index in [1.54, 1.807) is 22.7 Å². The zero-order chi connectivity index (χ0) is 11.8. The maximum absolute atomic E-state index is 6.17. The number of imidazole rings is 1. The predicted molar refractivity (Wildman–Crippen MR) is 75.7 cm³/mol. The Kier molecular flexibility index (Phi) is 3.04. The average Bonchev–Trinajstić information content (AvgIpc) is 2.92. The summed E-state index contributed by atoms with van der Waals surface area (Å²) in [5.41, 5.74) is 7.22. The second-order valence-electron chi connectivity index (χ2n) is 3.80. The molecule has 0 aliphatic carbocycles. The summed E-state index contributed by atoms with van der Waals surface area (Å²) < 4.78 is 3.13. The van der Waals surface area contributed by atoms with Crippen LogP contribution in [-0.2, 0) is 6.42 Å². The van der Waals surface area contributed by atoms with E-state index in [0.29, 0.717) is 0 Å². The largest absolute Gasteiger partial charge is 0.323 e. The molecule has 0 aliphatic rings. The fraction of sp³-hybridized carbons (Fsp3) is 0.182. The zero-order valence-electron chi connectivity index (χ0n) is 8.84. The highest BCUT2D eigenvalue weighted by Gasteiger charge is 2.12. The Balaban J connectivity index is 1.80. The topological polar surface area (TPSA) is 43.3 Å². The van der Waals surface area contributed by atoms with E-state index < -0.39 is 0 Å². The van der Waals surface area contributed by atoms with E-state index in [1.165, 1.54) is 4.88 Å². The first-order chi connectivity index (χ1) is 8.22. The van der Waals surface area contributed by atoms with Crippen LogP contribution < -0.4 is 5.73 Å². The number of fused-ring (bicyclic) bond motifs is 1. The van der Waals surface area contributed by atoms with E-state index in [9.17, 15) is 0 Å². The van der Waals surface area contributed by atoms with E-state index in [-0.39, 0.29) is 6.04 Å². The number of halogens is 1. The molecule has 88 valence electrons. The molecule has 0 bridgehead atoms. The molecule has 0 saturated carbocycles. The first-order valence-corrected chi connectivity index (χ1v) is 7.68. The lowest BCUT2D eigenvalue weighted by molar-refractivity contribution is 0.724. The van der Waals surface area contributed by atoms with Crippen molar-refractivity contribution in [3.8, 4) is 0 Å². The van der Waals surface area contributed by atoms with Gasteiger partial charge in [0.2, 0.25) is 0 Å². The summed E-state index contributed by atoms with van der Waals surface area (Å²) in [6.07, 6.45) is 4.85. The lowest BCUT2D eigenvalue weighted by Crippen LogP contribution is -2.11. The molecule has 3 aromatic rings. The molecule has 1 atom stereocenters. The first-order valence-electron chi connectivity index (χ1n) is 5.13. The van der Waals surface area contributed by atoms with Crippen molar-refractivity contribution in [3.05, 3.63) is 44.3 Å². The second-order valence-corrected chi connectivity index (χ2v) is 6.53. The Hall–Kier alpha value is -0.690.